The molecular formula is C6H4Br4CdO4. The van der Waals surface area contributed by atoms with Crippen molar-refractivity contribution in [1.29, 1.82) is 0 Å². The summed E-state index contributed by atoms with van der Waals surface area (Å²) in [7, 11) is 0. The Balaban J connectivity index is -0.000000180. The minimum Gasteiger partial charge on any atom is -0.477 e. The molecule has 0 fully saturated rings. The zero-order valence-electron chi connectivity index (χ0n) is 7.08. The van der Waals surface area contributed by atoms with Crippen LogP contribution in [0.4, 0.5) is 0 Å². The third kappa shape index (κ3) is 15.3. The van der Waals surface area contributed by atoms with Crippen molar-refractivity contribution in [3.63, 3.8) is 0 Å². The van der Waals surface area contributed by atoms with Gasteiger partial charge in [-0.1, -0.05) is 31.9 Å². The van der Waals surface area contributed by atoms with E-state index in [1.807, 2.05) is 0 Å². The maximum atomic E-state index is 9.79. The summed E-state index contributed by atoms with van der Waals surface area (Å²) in [4.78, 5) is 22.1. The summed E-state index contributed by atoms with van der Waals surface area (Å²) >= 11 is 11.2. The van der Waals surface area contributed by atoms with Crippen LogP contribution in [-0.2, 0) is 36.9 Å². The zero-order chi connectivity index (χ0) is 11.7. The molecule has 4 nitrogen and oxygen atoms in total. The molecule has 82 valence electrons. The van der Waals surface area contributed by atoms with Crippen LogP contribution in [0.1, 0.15) is 0 Å². The van der Waals surface area contributed by atoms with Gasteiger partial charge in [0.25, 0.3) is 0 Å². The predicted octanol–water partition coefficient (Wildman–Crippen LogP) is 3.40. The Morgan fingerprint density at radius 2 is 1.07 bits per heavy atom. The molecule has 0 unspecified atom stereocenters. The average molecular weight is 572 g/mol. The molecule has 0 heterocycles. The molecule has 0 radical (unpaired) electrons. The summed E-state index contributed by atoms with van der Waals surface area (Å²) in [6.45, 7) is 0. The molecule has 15 heavy (non-hydrogen) atoms. The third-order valence-corrected chi connectivity index (χ3v) is 3.88. The van der Waals surface area contributed by atoms with E-state index in [0.717, 1.165) is 0 Å². The number of hydrogen-bond acceptors (Lipinski definition) is 2. The molecule has 0 aliphatic rings. The molecule has 0 saturated heterocycles. The van der Waals surface area contributed by atoms with Gasteiger partial charge in [-0.3, -0.25) is 0 Å². The van der Waals surface area contributed by atoms with Crippen molar-refractivity contribution >= 4 is 75.7 Å². The SMILES string of the molecule is O=C(O)C(Br)=CBr.O=C(O)C(Br)=CBr.[Cd]. The molecule has 0 aromatic rings. The second-order valence-electron chi connectivity index (χ2n) is 1.52. The second-order valence-corrected chi connectivity index (χ2v) is 4.15. The van der Waals surface area contributed by atoms with Gasteiger partial charge >= 0.3 is 11.9 Å². The van der Waals surface area contributed by atoms with Gasteiger partial charge in [-0.25, -0.2) is 9.59 Å². The fourth-order valence-electron chi connectivity index (χ4n) is 0.0933. The number of carboxylic acids is 2. The average Bonchev–Trinajstić information content (AvgIpc) is 2.15. The topological polar surface area (TPSA) is 74.6 Å². The predicted molar refractivity (Wildman–Crippen MR) is 67.1 cm³/mol. The van der Waals surface area contributed by atoms with E-state index in [9.17, 15) is 9.59 Å². The summed E-state index contributed by atoms with van der Waals surface area (Å²) in [5, 5.41) is 16.1. The molecule has 0 bridgehead atoms. The van der Waals surface area contributed by atoms with Crippen molar-refractivity contribution in [2.45, 2.75) is 0 Å². The van der Waals surface area contributed by atoms with Crippen LogP contribution < -0.4 is 0 Å². The van der Waals surface area contributed by atoms with Crippen molar-refractivity contribution < 1.29 is 47.1 Å². The number of rotatable bonds is 2. The first kappa shape index (κ1) is 21.5. The van der Waals surface area contributed by atoms with Crippen LogP contribution in [0.15, 0.2) is 18.9 Å². The van der Waals surface area contributed by atoms with Crippen molar-refractivity contribution in [2.24, 2.45) is 0 Å². The Morgan fingerprint density at radius 3 is 1.07 bits per heavy atom. The van der Waals surface area contributed by atoms with Crippen LogP contribution in [0.2, 0.25) is 0 Å². The van der Waals surface area contributed by atoms with E-state index in [0.29, 0.717) is 0 Å². The summed E-state index contributed by atoms with van der Waals surface area (Å²) in [6.07, 6.45) is 0. The van der Waals surface area contributed by atoms with Gasteiger partial charge < -0.3 is 10.2 Å². The van der Waals surface area contributed by atoms with E-state index < -0.39 is 11.9 Å². The molecule has 0 saturated carbocycles. The fourth-order valence-corrected chi connectivity index (χ4v) is 0.485. The Labute approximate surface area is 140 Å². The molecule has 0 rings (SSSR count). The Kier molecular flexibility index (Phi) is 19.1. The Bertz CT molecular complexity index is 248. The van der Waals surface area contributed by atoms with Crippen molar-refractivity contribution in [2.75, 3.05) is 0 Å². The van der Waals surface area contributed by atoms with E-state index in [-0.39, 0.29) is 36.3 Å². The van der Waals surface area contributed by atoms with Crippen LogP contribution in [0.3, 0.4) is 0 Å². The van der Waals surface area contributed by atoms with Gasteiger partial charge in [0.15, 0.2) is 0 Å². The maximum Gasteiger partial charge on any atom is 0.343 e. The molecule has 0 aromatic heterocycles. The molecule has 0 aromatic carbocycles. The first-order valence-electron chi connectivity index (χ1n) is 2.75. The van der Waals surface area contributed by atoms with Gasteiger partial charge in [0, 0.05) is 37.3 Å². The largest absolute Gasteiger partial charge is 0.477 e. The standard InChI is InChI=1S/2C3H2Br2O2.Cd/c2*4-1-2(5)3(6)7;/h2*1H,(H,6,7);. The van der Waals surface area contributed by atoms with Crippen molar-refractivity contribution in [3.05, 3.63) is 18.9 Å². The first-order valence-corrected chi connectivity index (χ1v) is 6.16. The monoisotopic (exact) mass is 570 g/mol. The van der Waals surface area contributed by atoms with Crippen molar-refractivity contribution in [1.82, 2.24) is 0 Å². The number of halogens is 4. The van der Waals surface area contributed by atoms with Gasteiger partial charge in [0.2, 0.25) is 0 Å². The van der Waals surface area contributed by atoms with Crippen molar-refractivity contribution in [3.8, 4) is 0 Å². The third-order valence-electron chi connectivity index (χ3n) is 0.600. The van der Waals surface area contributed by atoms with Gasteiger partial charge in [0.05, 0.1) is 0 Å². The summed E-state index contributed by atoms with van der Waals surface area (Å²) in [6, 6.07) is 0. The molecule has 0 aliphatic carbocycles. The summed E-state index contributed by atoms with van der Waals surface area (Å²) < 4.78 is 0.236. The molecule has 9 heteroatoms. The number of hydrogen-bond donors (Lipinski definition) is 2. The molecule has 0 aliphatic heterocycles. The minimum absolute atomic E-state index is 0. The van der Waals surface area contributed by atoms with E-state index in [1.165, 1.54) is 9.97 Å². The summed E-state index contributed by atoms with van der Waals surface area (Å²) in [5.41, 5.74) is 0. The van der Waals surface area contributed by atoms with E-state index in [2.05, 4.69) is 63.7 Å². The number of carboxylic acid groups (broad SMARTS) is 2. The molecular weight excluding hydrogens is 568 g/mol. The van der Waals surface area contributed by atoms with Crippen LogP contribution in [-0.4, -0.2) is 22.2 Å². The Morgan fingerprint density at radius 1 is 0.867 bits per heavy atom. The normalized spacial score (nSPS) is 10.7. The summed E-state index contributed by atoms with van der Waals surface area (Å²) in [5.74, 6) is -1.95. The van der Waals surface area contributed by atoms with E-state index >= 15 is 0 Å². The van der Waals surface area contributed by atoms with Crippen LogP contribution in [0.5, 0.6) is 0 Å². The fraction of sp³-hybridized carbons (Fsp3) is 0. The van der Waals surface area contributed by atoms with E-state index in [4.69, 9.17) is 10.2 Å². The van der Waals surface area contributed by atoms with Crippen LogP contribution >= 0.6 is 63.7 Å². The van der Waals surface area contributed by atoms with Gasteiger partial charge in [-0.15, -0.1) is 0 Å². The number of carbonyl (C=O) groups is 2. The molecule has 0 atom stereocenters. The minimum atomic E-state index is -0.975. The van der Waals surface area contributed by atoms with Crippen LogP contribution in [0, 0.1) is 0 Å². The molecule has 0 spiro atoms. The second kappa shape index (κ2) is 13.3. The van der Waals surface area contributed by atoms with Gasteiger partial charge in [-0.2, -0.15) is 0 Å². The number of aliphatic carboxylic acids is 2. The van der Waals surface area contributed by atoms with Gasteiger partial charge in [-0.05, 0) is 31.9 Å². The maximum absolute atomic E-state index is 9.79. The van der Waals surface area contributed by atoms with Gasteiger partial charge in [0.1, 0.15) is 8.96 Å². The Hall–Kier alpha value is 1.26. The van der Waals surface area contributed by atoms with E-state index in [1.54, 1.807) is 0 Å². The first-order chi connectivity index (χ1) is 6.36. The smallest absolute Gasteiger partial charge is 0.343 e. The molecule has 0 amide bonds. The quantitative estimate of drug-likeness (QED) is 0.394. The molecule has 2 N–H and O–H groups in total. The zero-order valence-corrected chi connectivity index (χ0v) is 17.5. The van der Waals surface area contributed by atoms with Crippen LogP contribution in [0.25, 0.3) is 0 Å².